The van der Waals surface area contributed by atoms with E-state index in [1.165, 1.54) is 11.8 Å². The van der Waals surface area contributed by atoms with Gasteiger partial charge in [-0.15, -0.1) is 0 Å². The van der Waals surface area contributed by atoms with Gasteiger partial charge in [0.25, 0.3) is 0 Å². The van der Waals surface area contributed by atoms with Crippen LogP contribution in [0.1, 0.15) is 30.9 Å². The summed E-state index contributed by atoms with van der Waals surface area (Å²) in [6.07, 6.45) is -0.0488. The van der Waals surface area contributed by atoms with Gasteiger partial charge in [0.15, 0.2) is 0 Å². The molecule has 0 amide bonds. The molecular formula is C19H19NO3S. The molecule has 0 saturated heterocycles. The van der Waals surface area contributed by atoms with Gasteiger partial charge in [0.1, 0.15) is 5.75 Å². The summed E-state index contributed by atoms with van der Waals surface area (Å²) in [5.74, 6) is -0.336. The first-order chi connectivity index (χ1) is 11.5. The van der Waals surface area contributed by atoms with Crippen molar-refractivity contribution in [1.82, 2.24) is 0 Å². The minimum atomic E-state index is -0.872. The molecule has 24 heavy (non-hydrogen) atoms. The summed E-state index contributed by atoms with van der Waals surface area (Å²) in [6, 6.07) is 15.5. The van der Waals surface area contributed by atoms with Crippen LogP contribution in [0.3, 0.4) is 0 Å². The number of nitriles is 1. The lowest BCUT2D eigenvalue weighted by atomic mass is 10.0. The maximum Gasteiger partial charge on any atom is 0.307 e. The molecule has 0 spiro atoms. The molecule has 0 radical (unpaired) electrons. The first kappa shape index (κ1) is 17.9. The minimum absolute atomic E-state index is 0.0488. The van der Waals surface area contributed by atoms with Crippen LogP contribution in [-0.4, -0.2) is 17.7 Å². The number of rotatable bonds is 7. The summed E-state index contributed by atoms with van der Waals surface area (Å²) in [7, 11) is 0. The number of hydrogen-bond acceptors (Lipinski definition) is 4. The Morgan fingerprint density at radius 3 is 2.58 bits per heavy atom. The Morgan fingerprint density at radius 2 is 2.00 bits per heavy atom. The van der Waals surface area contributed by atoms with Gasteiger partial charge in [-0.25, -0.2) is 0 Å². The maximum absolute atomic E-state index is 11.1. The molecule has 0 aromatic heterocycles. The van der Waals surface area contributed by atoms with Crippen molar-refractivity contribution >= 4 is 17.7 Å². The van der Waals surface area contributed by atoms with Crippen LogP contribution in [0.15, 0.2) is 52.3 Å². The average Bonchev–Trinajstić information content (AvgIpc) is 2.57. The monoisotopic (exact) mass is 341 g/mol. The molecule has 0 aliphatic rings. The van der Waals surface area contributed by atoms with Crippen LogP contribution in [0, 0.1) is 11.3 Å². The molecule has 5 heteroatoms. The molecule has 0 bridgehead atoms. The number of carboxylic acids is 1. The number of benzene rings is 2. The van der Waals surface area contributed by atoms with Gasteiger partial charge in [0.05, 0.1) is 25.0 Å². The Balaban J connectivity index is 2.24. The van der Waals surface area contributed by atoms with E-state index in [0.717, 1.165) is 20.9 Å². The molecule has 0 saturated carbocycles. The fraction of sp³-hybridized carbons (Fsp3) is 0.263. The number of hydrogen-bond donors (Lipinski definition) is 1. The number of carboxylic acid groups (broad SMARTS) is 1. The van der Waals surface area contributed by atoms with Gasteiger partial charge in [-0.05, 0) is 55.3 Å². The van der Waals surface area contributed by atoms with Gasteiger partial charge in [-0.3, -0.25) is 4.79 Å². The molecule has 0 heterocycles. The first-order valence-corrected chi connectivity index (χ1v) is 8.50. The summed E-state index contributed by atoms with van der Waals surface area (Å²) < 4.78 is 5.45. The van der Waals surface area contributed by atoms with E-state index in [0.29, 0.717) is 12.4 Å². The van der Waals surface area contributed by atoms with Crippen molar-refractivity contribution in [2.75, 3.05) is 6.61 Å². The lowest BCUT2D eigenvalue weighted by Gasteiger charge is -2.11. The molecule has 1 atom stereocenters. The van der Waals surface area contributed by atoms with E-state index in [-0.39, 0.29) is 12.3 Å². The molecule has 4 nitrogen and oxygen atoms in total. The van der Waals surface area contributed by atoms with Gasteiger partial charge in [0.2, 0.25) is 0 Å². The number of ether oxygens (including phenoxy) is 1. The van der Waals surface area contributed by atoms with Gasteiger partial charge in [-0.2, -0.15) is 5.26 Å². The molecule has 1 N–H and O–H groups in total. The highest BCUT2D eigenvalue weighted by molar-refractivity contribution is 7.99. The maximum atomic E-state index is 11.1. The minimum Gasteiger partial charge on any atom is -0.494 e. The molecule has 2 aromatic carbocycles. The smallest absolute Gasteiger partial charge is 0.307 e. The highest BCUT2D eigenvalue weighted by atomic mass is 32.2. The standard InChI is InChI=1S/C19H19NO3S/c1-3-23-16-6-9-18(15(10-16)11-19(21)22)24-17-7-4-14(5-8-17)13(2)12-20/h4-10,13H,3,11H2,1-2H3,(H,21,22). The van der Waals surface area contributed by atoms with Gasteiger partial charge in [0, 0.05) is 9.79 Å². The van der Waals surface area contributed by atoms with Gasteiger partial charge < -0.3 is 9.84 Å². The van der Waals surface area contributed by atoms with Crippen LogP contribution in [-0.2, 0) is 11.2 Å². The zero-order valence-corrected chi connectivity index (χ0v) is 14.5. The second kappa shape index (κ2) is 8.42. The molecule has 0 aliphatic heterocycles. The highest BCUT2D eigenvalue weighted by Gasteiger charge is 2.11. The Kier molecular flexibility index (Phi) is 6.28. The Labute approximate surface area is 146 Å². The van der Waals surface area contributed by atoms with E-state index in [1.54, 1.807) is 6.07 Å². The normalized spacial score (nSPS) is 11.5. The van der Waals surface area contributed by atoms with Crippen LogP contribution < -0.4 is 4.74 Å². The van der Waals surface area contributed by atoms with Crippen LogP contribution >= 0.6 is 11.8 Å². The first-order valence-electron chi connectivity index (χ1n) is 7.68. The predicted octanol–water partition coefficient (Wildman–Crippen LogP) is 4.49. The zero-order valence-electron chi connectivity index (χ0n) is 13.7. The Bertz CT molecular complexity index is 750. The van der Waals surface area contributed by atoms with E-state index in [1.807, 2.05) is 50.2 Å². The number of nitrogens with zero attached hydrogens (tertiary/aromatic N) is 1. The second-order valence-corrected chi connectivity index (χ2v) is 6.41. The summed E-state index contributed by atoms with van der Waals surface area (Å²) in [5.41, 5.74) is 1.70. The quantitative estimate of drug-likeness (QED) is 0.803. The van der Waals surface area contributed by atoms with Crippen LogP contribution in [0.2, 0.25) is 0 Å². The molecule has 0 fully saturated rings. The van der Waals surface area contributed by atoms with Crippen LogP contribution in [0.4, 0.5) is 0 Å². The molecule has 1 unspecified atom stereocenters. The third-order valence-corrected chi connectivity index (χ3v) is 4.61. The van der Waals surface area contributed by atoms with Crippen molar-refractivity contribution in [3.8, 4) is 11.8 Å². The Hall–Kier alpha value is -2.45. The Morgan fingerprint density at radius 1 is 1.29 bits per heavy atom. The van der Waals surface area contributed by atoms with E-state index >= 15 is 0 Å². The van der Waals surface area contributed by atoms with E-state index in [2.05, 4.69) is 6.07 Å². The fourth-order valence-electron chi connectivity index (χ4n) is 2.24. The third kappa shape index (κ3) is 4.77. The van der Waals surface area contributed by atoms with Crippen molar-refractivity contribution in [3.63, 3.8) is 0 Å². The van der Waals surface area contributed by atoms with Gasteiger partial charge in [-0.1, -0.05) is 23.9 Å². The highest BCUT2D eigenvalue weighted by Crippen LogP contribution is 2.33. The molecule has 2 aromatic rings. The second-order valence-electron chi connectivity index (χ2n) is 5.29. The van der Waals surface area contributed by atoms with Gasteiger partial charge >= 0.3 is 5.97 Å². The topological polar surface area (TPSA) is 70.3 Å². The summed E-state index contributed by atoms with van der Waals surface area (Å²) in [4.78, 5) is 13.0. The van der Waals surface area contributed by atoms with Crippen LogP contribution in [0.25, 0.3) is 0 Å². The predicted molar refractivity (Wildman–Crippen MR) is 93.5 cm³/mol. The summed E-state index contributed by atoms with van der Waals surface area (Å²) in [5, 5.41) is 18.1. The lowest BCUT2D eigenvalue weighted by Crippen LogP contribution is -2.02. The molecule has 124 valence electrons. The van der Waals surface area contributed by atoms with Crippen LogP contribution in [0.5, 0.6) is 5.75 Å². The van der Waals surface area contributed by atoms with Crippen molar-refractivity contribution in [2.24, 2.45) is 0 Å². The van der Waals surface area contributed by atoms with E-state index in [9.17, 15) is 4.79 Å². The summed E-state index contributed by atoms with van der Waals surface area (Å²) in [6.45, 7) is 4.29. The van der Waals surface area contributed by atoms with Crippen molar-refractivity contribution in [3.05, 3.63) is 53.6 Å². The number of aliphatic carboxylic acids is 1. The van der Waals surface area contributed by atoms with Crippen molar-refractivity contribution in [1.29, 1.82) is 5.26 Å². The van der Waals surface area contributed by atoms with Crippen molar-refractivity contribution < 1.29 is 14.6 Å². The molecule has 0 aliphatic carbocycles. The molecule has 2 rings (SSSR count). The third-order valence-electron chi connectivity index (χ3n) is 3.49. The van der Waals surface area contributed by atoms with E-state index in [4.69, 9.17) is 15.1 Å². The number of carbonyl (C=O) groups is 1. The largest absolute Gasteiger partial charge is 0.494 e. The summed E-state index contributed by atoms with van der Waals surface area (Å²) >= 11 is 1.51. The van der Waals surface area contributed by atoms with E-state index < -0.39 is 5.97 Å². The lowest BCUT2D eigenvalue weighted by molar-refractivity contribution is -0.136. The SMILES string of the molecule is CCOc1ccc(Sc2ccc(C(C)C#N)cc2)c(CC(=O)O)c1. The van der Waals surface area contributed by atoms with Crippen molar-refractivity contribution in [2.45, 2.75) is 36.0 Å². The molecular weight excluding hydrogens is 322 g/mol. The average molecular weight is 341 g/mol. The zero-order chi connectivity index (χ0) is 17.5. The fourth-order valence-corrected chi connectivity index (χ4v) is 3.16.